The molecule has 0 aliphatic rings. The van der Waals surface area contributed by atoms with Gasteiger partial charge in [0.15, 0.2) is 0 Å². The average Bonchev–Trinajstić information content (AvgIpc) is 2.67. The van der Waals surface area contributed by atoms with Crippen LogP contribution >= 0.6 is 0 Å². The third-order valence-corrected chi connectivity index (χ3v) is 4.04. The summed E-state index contributed by atoms with van der Waals surface area (Å²) in [6.07, 6.45) is 3.63. The van der Waals surface area contributed by atoms with Crippen molar-refractivity contribution in [3.63, 3.8) is 0 Å². The monoisotopic (exact) mass is 311 g/mol. The predicted octanol–water partition coefficient (Wildman–Crippen LogP) is 4.91. The molecule has 2 heterocycles. The van der Waals surface area contributed by atoms with Gasteiger partial charge in [-0.1, -0.05) is 42.5 Å². The third-order valence-electron chi connectivity index (χ3n) is 4.04. The first-order valence-electron chi connectivity index (χ1n) is 7.97. The molecule has 0 aliphatic heterocycles. The third kappa shape index (κ3) is 3.10. The van der Waals surface area contributed by atoms with E-state index in [0.29, 0.717) is 0 Å². The molecule has 0 radical (unpaired) electrons. The second kappa shape index (κ2) is 6.50. The predicted molar refractivity (Wildman–Crippen MR) is 98.7 cm³/mol. The Morgan fingerprint density at radius 1 is 0.708 bits per heavy atom. The van der Waals surface area contributed by atoms with Gasteiger partial charge in [-0.25, -0.2) is 4.98 Å². The lowest BCUT2D eigenvalue weighted by Gasteiger charge is -2.08. The summed E-state index contributed by atoms with van der Waals surface area (Å²) in [5, 5.41) is 4.55. The Labute approximate surface area is 141 Å². The van der Waals surface area contributed by atoms with E-state index in [1.807, 2.05) is 48.8 Å². The first kappa shape index (κ1) is 14.4. The second-order valence-electron chi connectivity index (χ2n) is 5.68. The number of hydrogen-bond donors (Lipinski definition) is 1. The van der Waals surface area contributed by atoms with Crippen molar-refractivity contribution in [1.82, 2.24) is 9.97 Å². The van der Waals surface area contributed by atoms with E-state index in [1.54, 1.807) is 0 Å². The number of fused-ring (bicyclic) bond motifs is 1. The molecule has 116 valence electrons. The van der Waals surface area contributed by atoms with E-state index < -0.39 is 0 Å². The van der Waals surface area contributed by atoms with Gasteiger partial charge in [0.05, 0.1) is 5.52 Å². The maximum absolute atomic E-state index is 4.64. The summed E-state index contributed by atoms with van der Waals surface area (Å²) in [5.74, 6) is 0.895. The van der Waals surface area contributed by atoms with Crippen LogP contribution in [0.2, 0.25) is 0 Å². The van der Waals surface area contributed by atoms with Crippen LogP contribution in [0.1, 0.15) is 5.56 Å². The van der Waals surface area contributed by atoms with Crippen molar-refractivity contribution < 1.29 is 0 Å². The Hall–Kier alpha value is -3.20. The molecule has 0 aliphatic carbocycles. The van der Waals surface area contributed by atoms with Crippen LogP contribution in [0, 0.1) is 0 Å². The molecule has 0 saturated carbocycles. The summed E-state index contributed by atoms with van der Waals surface area (Å²) in [6.45, 7) is 0.752. The Kier molecular flexibility index (Phi) is 3.90. The molecule has 0 bridgehead atoms. The number of rotatable bonds is 4. The molecule has 0 fully saturated rings. The molecule has 24 heavy (non-hydrogen) atoms. The number of nitrogens with zero attached hydrogens (tertiary/aromatic N) is 2. The zero-order chi connectivity index (χ0) is 16.2. The van der Waals surface area contributed by atoms with Gasteiger partial charge in [-0.3, -0.25) is 4.98 Å². The van der Waals surface area contributed by atoms with Gasteiger partial charge in [0.25, 0.3) is 0 Å². The van der Waals surface area contributed by atoms with Crippen molar-refractivity contribution in [2.45, 2.75) is 6.54 Å². The number of aromatic nitrogens is 2. The van der Waals surface area contributed by atoms with E-state index in [0.717, 1.165) is 23.3 Å². The Morgan fingerprint density at radius 3 is 2.29 bits per heavy atom. The van der Waals surface area contributed by atoms with Crippen LogP contribution in [-0.2, 0) is 6.54 Å². The van der Waals surface area contributed by atoms with Gasteiger partial charge in [-0.15, -0.1) is 0 Å². The topological polar surface area (TPSA) is 37.8 Å². The van der Waals surface area contributed by atoms with Crippen LogP contribution in [0.3, 0.4) is 0 Å². The lowest BCUT2D eigenvalue weighted by molar-refractivity contribution is 1.12. The minimum absolute atomic E-state index is 0.752. The SMILES string of the molecule is c1ccc2nc(NCc3ccc(-c4ccncc4)cc3)ccc2c1. The van der Waals surface area contributed by atoms with Crippen LogP contribution in [0.25, 0.3) is 22.0 Å². The second-order valence-corrected chi connectivity index (χ2v) is 5.68. The minimum atomic E-state index is 0.752. The van der Waals surface area contributed by atoms with Crippen molar-refractivity contribution in [3.05, 3.63) is 90.8 Å². The molecule has 0 unspecified atom stereocenters. The van der Waals surface area contributed by atoms with Gasteiger partial charge in [-0.05, 0) is 47.0 Å². The largest absolute Gasteiger partial charge is 0.366 e. The van der Waals surface area contributed by atoms with E-state index in [1.165, 1.54) is 16.7 Å². The van der Waals surface area contributed by atoms with E-state index in [4.69, 9.17) is 0 Å². The van der Waals surface area contributed by atoms with Gasteiger partial charge in [0.2, 0.25) is 0 Å². The van der Waals surface area contributed by atoms with Crippen LogP contribution in [0.4, 0.5) is 5.82 Å². The molecular formula is C21H17N3. The van der Waals surface area contributed by atoms with Crippen LogP contribution in [0.15, 0.2) is 85.2 Å². The summed E-state index contributed by atoms with van der Waals surface area (Å²) in [5.41, 5.74) is 4.61. The van der Waals surface area contributed by atoms with Crippen LogP contribution in [-0.4, -0.2) is 9.97 Å². The highest BCUT2D eigenvalue weighted by Crippen LogP contribution is 2.19. The number of nitrogens with one attached hydrogen (secondary N) is 1. The Balaban J connectivity index is 1.47. The molecule has 0 spiro atoms. The summed E-state index contributed by atoms with van der Waals surface area (Å²) in [4.78, 5) is 8.69. The zero-order valence-electron chi connectivity index (χ0n) is 13.2. The molecular weight excluding hydrogens is 294 g/mol. The van der Waals surface area contributed by atoms with Crippen LogP contribution < -0.4 is 5.32 Å². The molecule has 0 amide bonds. The Morgan fingerprint density at radius 2 is 1.46 bits per heavy atom. The van der Waals surface area contributed by atoms with Crippen molar-refractivity contribution >= 4 is 16.7 Å². The molecule has 2 aromatic carbocycles. The van der Waals surface area contributed by atoms with E-state index >= 15 is 0 Å². The maximum atomic E-state index is 4.64. The molecule has 4 aromatic rings. The van der Waals surface area contributed by atoms with Gasteiger partial charge >= 0.3 is 0 Å². The molecule has 1 N–H and O–H groups in total. The average molecular weight is 311 g/mol. The smallest absolute Gasteiger partial charge is 0.126 e. The lowest BCUT2D eigenvalue weighted by Crippen LogP contribution is -2.01. The maximum Gasteiger partial charge on any atom is 0.126 e. The van der Waals surface area contributed by atoms with Crippen LogP contribution in [0.5, 0.6) is 0 Å². The number of anilines is 1. The highest BCUT2D eigenvalue weighted by molar-refractivity contribution is 5.80. The fourth-order valence-corrected chi connectivity index (χ4v) is 2.72. The summed E-state index contributed by atoms with van der Waals surface area (Å²) >= 11 is 0. The zero-order valence-corrected chi connectivity index (χ0v) is 13.2. The van der Waals surface area contributed by atoms with Gasteiger partial charge in [0.1, 0.15) is 5.82 Å². The number of benzene rings is 2. The quantitative estimate of drug-likeness (QED) is 0.582. The molecule has 3 heteroatoms. The molecule has 4 rings (SSSR count). The lowest BCUT2D eigenvalue weighted by atomic mass is 10.1. The Bertz CT molecular complexity index is 947. The van der Waals surface area contributed by atoms with Gasteiger partial charge in [0, 0.05) is 24.3 Å². The normalized spacial score (nSPS) is 10.7. The molecule has 3 nitrogen and oxygen atoms in total. The first-order valence-corrected chi connectivity index (χ1v) is 7.97. The van der Waals surface area contributed by atoms with Crippen molar-refractivity contribution in [1.29, 1.82) is 0 Å². The first-order chi connectivity index (χ1) is 11.9. The van der Waals surface area contributed by atoms with E-state index in [-0.39, 0.29) is 0 Å². The number of hydrogen-bond acceptors (Lipinski definition) is 3. The highest BCUT2D eigenvalue weighted by atomic mass is 15.0. The molecule has 2 aromatic heterocycles. The van der Waals surface area contributed by atoms with Crippen molar-refractivity contribution in [3.8, 4) is 11.1 Å². The van der Waals surface area contributed by atoms with E-state index in [9.17, 15) is 0 Å². The fraction of sp³-hybridized carbons (Fsp3) is 0.0476. The van der Waals surface area contributed by atoms with Gasteiger partial charge < -0.3 is 5.32 Å². The van der Waals surface area contributed by atoms with Crippen molar-refractivity contribution in [2.24, 2.45) is 0 Å². The van der Waals surface area contributed by atoms with Gasteiger partial charge in [-0.2, -0.15) is 0 Å². The number of pyridine rings is 2. The summed E-state index contributed by atoms with van der Waals surface area (Å²) in [6, 6.07) is 24.9. The van der Waals surface area contributed by atoms with E-state index in [2.05, 4.69) is 51.7 Å². The molecule has 0 atom stereocenters. The summed E-state index contributed by atoms with van der Waals surface area (Å²) < 4.78 is 0. The fourth-order valence-electron chi connectivity index (χ4n) is 2.72. The minimum Gasteiger partial charge on any atom is -0.366 e. The molecule has 0 saturated heterocycles. The highest BCUT2D eigenvalue weighted by Gasteiger charge is 2.00. The number of para-hydroxylation sites is 1. The standard InChI is InChI=1S/C21H17N3/c1-2-4-20-19(3-1)9-10-21(24-20)23-15-16-5-7-17(8-6-16)18-11-13-22-14-12-18/h1-14H,15H2,(H,23,24). The van der Waals surface area contributed by atoms with Crippen molar-refractivity contribution in [2.75, 3.05) is 5.32 Å². The summed E-state index contributed by atoms with van der Waals surface area (Å²) in [7, 11) is 0.